The summed E-state index contributed by atoms with van der Waals surface area (Å²) in [5.41, 5.74) is 0.358. The number of anilines is 1. The summed E-state index contributed by atoms with van der Waals surface area (Å²) in [4.78, 5) is 12.0. The molecule has 0 atom stereocenters. The van der Waals surface area contributed by atoms with Crippen LogP contribution in [0.15, 0.2) is 18.2 Å². The van der Waals surface area contributed by atoms with Crippen molar-refractivity contribution in [3.8, 4) is 0 Å². The third-order valence-corrected chi connectivity index (χ3v) is 4.84. The third-order valence-electron chi connectivity index (χ3n) is 4.84. The zero-order chi connectivity index (χ0) is 15.4. The van der Waals surface area contributed by atoms with Crippen LogP contribution in [0.3, 0.4) is 0 Å². The van der Waals surface area contributed by atoms with Gasteiger partial charge in [0.2, 0.25) is 0 Å². The fourth-order valence-electron chi connectivity index (χ4n) is 3.94. The predicted molar refractivity (Wildman–Crippen MR) is 76.2 cm³/mol. The molecule has 0 N–H and O–H groups in total. The summed E-state index contributed by atoms with van der Waals surface area (Å²) in [6.45, 7) is 2.99. The Labute approximate surface area is 127 Å². The Morgan fingerprint density at radius 1 is 1.23 bits per heavy atom. The number of hydrogen-bond acceptors (Lipinski definition) is 5. The quantitative estimate of drug-likeness (QED) is 0.620. The molecule has 4 rings (SSSR count). The van der Waals surface area contributed by atoms with E-state index in [2.05, 4.69) is 0 Å². The average Bonchev–Trinajstić information content (AvgIpc) is 2.43. The Hall–Kier alpha value is -1.73. The van der Waals surface area contributed by atoms with Gasteiger partial charge < -0.3 is 14.4 Å². The smallest absolute Gasteiger partial charge is 0.272 e. The molecule has 7 heteroatoms. The van der Waals surface area contributed by atoms with Gasteiger partial charge in [-0.1, -0.05) is 0 Å². The lowest BCUT2D eigenvalue weighted by Gasteiger charge is -2.64. The first-order valence-corrected chi connectivity index (χ1v) is 7.48. The predicted octanol–water partition coefficient (Wildman–Crippen LogP) is 2.47. The number of rotatable bonds is 2. The van der Waals surface area contributed by atoms with Gasteiger partial charge in [-0.25, -0.2) is 4.39 Å². The molecule has 22 heavy (non-hydrogen) atoms. The van der Waals surface area contributed by atoms with Crippen molar-refractivity contribution in [3.05, 3.63) is 34.1 Å². The van der Waals surface area contributed by atoms with E-state index in [1.807, 2.05) is 4.90 Å². The standard InChI is InChI=1S/C15H17FN2O4/c16-12-6-11(18(19)20)2-3-13(12)17-9-14(10-17)7-15(8-14)21-4-1-5-22-15/h2-3,6H,1,4-5,7-10H2. The molecule has 0 amide bonds. The van der Waals surface area contributed by atoms with Crippen LogP contribution in [0.25, 0.3) is 0 Å². The molecular formula is C15H17FN2O4. The highest BCUT2D eigenvalue weighted by molar-refractivity contribution is 5.55. The van der Waals surface area contributed by atoms with Gasteiger partial charge in [-0.15, -0.1) is 0 Å². The SMILES string of the molecule is O=[N+]([O-])c1ccc(N2CC3(C2)CC2(C3)OCCCO2)c(F)c1. The van der Waals surface area contributed by atoms with Crippen molar-refractivity contribution in [2.24, 2.45) is 5.41 Å². The van der Waals surface area contributed by atoms with Crippen molar-refractivity contribution in [1.29, 1.82) is 0 Å². The molecule has 2 saturated heterocycles. The summed E-state index contributed by atoms with van der Waals surface area (Å²) in [6.07, 6.45) is 2.64. The van der Waals surface area contributed by atoms with Crippen molar-refractivity contribution in [2.75, 3.05) is 31.2 Å². The first-order chi connectivity index (χ1) is 10.5. The first-order valence-electron chi connectivity index (χ1n) is 7.48. The van der Waals surface area contributed by atoms with Gasteiger partial charge in [0.25, 0.3) is 5.69 Å². The van der Waals surface area contributed by atoms with E-state index in [0.717, 1.165) is 51.6 Å². The fourth-order valence-corrected chi connectivity index (χ4v) is 3.94. The molecule has 3 fully saturated rings. The Morgan fingerprint density at radius 2 is 1.91 bits per heavy atom. The van der Waals surface area contributed by atoms with Gasteiger partial charge in [-0.2, -0.15) is 0 Å². The zero-order valence-electron chi connectivity index (χ0n) is 12.1. The number of benzene rings is 1. The van der Waals surface area contributed by atoms with Crippen molar-refractivity contribution in [1.82, 2.24) is 0 Å². The second-order valence-electron chi connectivity index (χ2n) is 6.56. The minimum Gasteiger partial charge on any atom is -0.368 e. The molecule has 2 aliphatic heterocycles. The molecule has 0 radical (unpaired) electrons. The van der Waals surface area contributed by atoms with E-state index in [4.69, 9.17) is 9.47 Å². The van der Waals surface area contributed by atoms with Gasteiger partial charge in [-0.3, -0.25) is 10.1 Å². The summed E-state index contributed by atoms with van der Waals surface area (Å²) in [5.74, 6) is -0.943. The summed E-state index contributed by atoms with van der Waals surface area (Å²) >= 11 is 0. The normalized spacial score (nSPS) is 24.9. The van der Waals surface area contributed by atoms with Gasteiger partial charge in [0.15, 0.2) is 11.6 Å². The molecule has 2 spiro atoms. The molecular weight excluding hydrogens is 291 g/mol. The molecule has 3 aliphatic rings. The van der Waals surface area contributed by atoms with Gasteiger partial charge in [0.05, 0.1) is 29.9 Å². The lowest BCUT2D eigenvalue weighted by atomic mass is 9.59. The van der Waals surface area contributed by atoms with E-state index >= 15 is 0 Å². The minimum atomic E-state index is -0.585. The van der Waals surface area contributed by atoms with E-state index < -0.39 is 16.5 Å². The number of halogens is 1. The highest BCUT2D eigenvalue weighted by Gasteiger charge is 2.62. The van der Waals surface area contributed by atoms with Crippen molar-refractivity contribution in [2.45, 2.75) is 25.0 Å². The average molecular weight is 308 g/mol. The summed E-state index contributed by atoms with van der Waals surface area (Å²) in [7, 11) is 0. The Morgan fingerprint density at radius 3 is 2.50 bits per heavy atom. The number of nitro groups is 1. The van der Waals surface area contributed by atoms with Crippen LogP contribution in [0.5, 0.6) is 0 Å². The molecule has 1 aliphatic carbocycles. The number of non-ortho nitro benzene ring substituents is 1. The molecule has 6 nitrogen and oxygen atoms in total. The van der Waals surface area contributed by atoms with Crippen LogP contribution in [-0.4, -0.2) is 37.0 Å². The highest BCUT2D eigenvalue weighted by Crippen LogP contribution is 2.57. The molecule has 118 valence electrons. The topological polar surface area (TPSA) is 64.8 Å². The molecule has 0 aromatic heterocycles. The monoisotopic (exact) mass is 308 g/mol. The van der Waals surface area contributed by atoms with Crippen molar-refractivity contribution in [3.63, 3.8) is 0 Å². The van der Waals surface area contributed by atoms with E-state index in [-0.39, 0.29) is 11.1 Å². The van der Waals surface area contributed by atoms with E-state index in [9.17, 15) is 14.5 Å². The van der Waals surface area contributed by atoms with Crippen LogP contribution < -0.4 is 4.90 Å². The van der Waals surface area contributed by atoms with Gasteiger partial charge in [0.1, 0.15) is 0 Å². The molecule has 1 aromatic carbocycles. The molecule has 0 unspecified atom stereocenters. The highest BCUT2D eigenvalue weighted by atomic mass is 19.1. The van der Waals surface area contributed by atoms with Crippen LogP contribution in [0.1, 0.15) is 19.3 Å². The van der Waals surface area contributed by atoms with E-state index in [1.165, 1.54) is 12.1 Å². The second-order valence-corrected chi connectivity index (χ2v) is 6.56. The fraction of sp³-hybridized carbons (Fsp3) is 0.600. The van der Waals surface area contributed by atoms with Crippen LogP contribution in [0, 0.1) is 21.3 Å². The number of hydrogen-bond donors (Lipinski definition) is 0. The van der Waals surface area contributed by atoms with Crippen molar-refractivity contribution < 1.29 is 18.8 Å². The molecule has 1 saturated carbocycles. The van der Waals surface area contributed by atoms with Crippen LogP contribution in [0.4, 0.5) is 15.8 Å². The third kappa shape index (κ3) is 2.07. The van der Waals surface area contributed by atoms with Crippen LogP contribution in [0.2, 0.25) is 0 Å². The van der Waals surface area contributed by atoms with Gasteiger partial charge in [-0.05, 0) is 12.5 Å². The minimum absolute atomic E-state index is 0.144. The first kappa shape index (κ1) is 13.9. The van der Waals surface area contributed by atoms with Crippen molar-refractivity contribution >= 4 is 11.4 Å². The van der Waals surface area contributed by atoms with E-state index in [1.54, 1.807) is 0 Å². The lowest BCUT2D eigenvalue weighted by molar-refractivity contribution is -0.385. The maximum atomic E-state index is 14.0. The molecule has 1 aromatic rings. The Balaban J connectivity index is 1.41. The van der Waals surface area contributed by atoms with Crippen LogP contribution in [-0.2, 0) is 9.47 Å². The number of nitrogens with zero attached hydrogens (tertiary/aromatic N) is 2. The molecule has 2 heterocycles. The zero-order valence-corrected chi connectivity index (χ0v) is 12.1. The summed E-state index contributed by atoms with van der Waals surface area (Å²) in [5, 5.41) is 10.6. The van der Waals surface area contributed by atoms with Gasteiger partial charge >= 0.3 is 0 Å². The lowest BCUT2D eigenvalue weighted by Crippen LogP contribution is -2.70. The molecule has 0 bridgehead atoms. The summed E-state index contributed by atoms with van der Waals surface area (Å²) < 4.78 is 25.5. The van der Waals surface area contributed by atoms with E-state index in [0.29, 0.717) is 5.69 Å². The Bertz CT molecular complexity index is 614. The largest absolute Gasteiger partial charge is 0.368 e. The van der Waals surface area contributed by atoms with Crippen LogP contribution >= 0.6 is 0 Å². The summed E-state index contributed by atoms with van der Waals surface area (Å²) in [6, 6.07) is 3.82. The maximum Gasteiger partial charge on any atom is 0.272 e. The number of nitro benzene ring substituents is 1. The second kappa shape index (κ2) is 4.63. The van der Waals surface area contributed by atoms with Gasteiger partial charge in [0, 0.05) is 37.4 Å². The number of ether oxygens (including phenoxy) is 2. The Kier molecular flexibility index (Phi) is 2.93. The maximum absolute atomic E-state index is 14.0.